The Hall–Kier alpha value is -0.340. The lowest BCUT2D eigenvalue weighted by Gasteiger charge is -2.30. The lowest BCUT2D eigenvalue weighted by Crippen LogP contribution is -2.34. The molecule has 0 radical (unpaired) electrons. The molecule has 0 aliphatic heterocycles. The third-order valence-electron chi connectivity index (χ3n) is 3.79. The first-order valence-electron chi connectivity index (χ1n) is 7.09. The highest BCUT2D eigenvalue weighted by Gasteiger charge is 2.28. The Morgan fingerprint density at radius 3 is 2.50 bits per heavy atom. The molecule has 100 valence electrons. The summed E-state index contributed by atoms with van der Waals surface area (Å²) in [4.78, 5) is 0. The predicted octanol–water partition coefficient (Wildman–Crippen LogP) is 4.55. The summed E-state index contributed by atoms with van der Waals surface area (Å²) in [6.07, 6.45) is 6.48. The molecule has 18 heavy (non-hydrogen) atoms. The van der Waals surface area contributed by atoms with Gasteiger partial charge in [0.25, 0.3) is 0 Å². The first kappa shape index (κ1) is 14.1. The topological polar surface area (TPSA) is 12.0 Å². The summed E-state index contributed by atoms with van der Waals surface area (Å²) in [6.45, 7) is 5.87. The van der Waals surface area contributed by atoms with E-state index in [-0.39, 0.29) is 0 Å². The van der Waals surface area contributed by atoms with Crippen molar-refractivity contribution in [3.63, 3.8) is 0 Å². The van der Waals surface area contributed by atoms with Crippen molar-refractivity contribution in [2.75, 3.05) is 6.54 Å². The second kappa shape index (κ2) is 6.21. The molecule has 2 rings (SSSR count). The molecule has 1 N–H and O–H groups in total. The molecule has 1 atom stereocenters. The van der Waals surface area contributed by atoms with E-state index in [0.29, 0.717) is 5.41 Å². The minimum atomic E-state index is 0.394. The van der Waals surface area contributed by atoms with Gasteiger partial charge in [-0.05, 0) is 48.8 Å². The smallest absolute Gasteiger partial charge is 0.0175 e. The van der Waals surface area contributed by atoms with E-state index in [2.05, 4.69) is 59.4 Å². The molecule has 0 saturated heterocycles. The average Bonchev–Trinajstić information content (AvgIpc) is 3.14. The summed E-state index contributed by atoms with van der Waals surface area (Å²) >= 11 is 3.50. The number of hydrogen-bond acceptors (Lipinski definition) is 1. The molecule has 1 aliphatic rings. The first-order chi connectivity index (χ1) is 8.61. The van der Waals surface area contributed by atoms with Crippen molar-refractivity contribution in [2.24, 2.45) is 5.41 Å². The van der Waals surface area contributed by atoms with Gasteiger partial charge in [0, 0.05) is 17.1 Å². The molecule has 0 spiro atoms. The molecule has 0 aromatic heterocycles. The van der Waals surface area contributed by atoms with E-state index in [1.807, 2.05) is 0 Å². The standard InChI is InChI=1S/C16H24BrN/c1-3-10-16(2,12-18-15-8-9-15)11-13-4-6-14(17)7-5-13/h4-7,15,18H,3,8-12H2,1-2H3. The zero-order valence-corrected chi connectivity index (χ0v) is 13.1. The van der Waals surface area contributed by atoms with E-state index in [0.717, 1.165) is 12.6 Å². The zero-order valence-electron chi connectivity index (χ0n) is 11.5. The van der Waals surface area contributed by atoms with Crippen LogP contribution in [-0.4, -0.2) is 12.6 Å². The molecule has 1 aliphatic carbocycles. The quantitative estimate of drug-likeness (QED) is 0.779. The Balaban J connectivity index is 1.96. The molecule has 1 aromatic rings. The second-order valence-electron chi connectivity index (χ2n) is 6.02. The van der Waals surface area contributed by atoms with E-state index in [1.165, 1.54) is 42.1 Å². The number of hydrogen-bond donors (Lipinski definition) is 1. The minimum Gasteiger partial charge on any atom is -0.313 e. The van der Waals surface area contributed by atoms with Gasteiger partial charge in [0.1, 0.15) is 0 Å². The van der Waals surface area contributed by atoms with E-state index in [4.69, 9.17) is 0 Å². The maximum atomic E-state index is 3.70. The normalized spacial score (nSPS) is 18.6. The summed E-state index contributed by atoms with van der Waals surface area (Å²) < 4.78 is 1.17. The first-order valence-corrected chi connectivity index (χ1v) is 7.88. The number of nitrogens with one attached hydrogen (secondary N) is 1. The predicted molar refractivity (Wildman–Crippen MR) is 81.9 cm³/mol. The molecule has 0 heterocycles. The van der Waals surface area contributed by atoms with Crippen LogP contribution < -0.4 is 5.32 Å². The maximum Gasteiger partial charge on any atom is 0.0175 e. The Kier molecular flexibility index (Phi) is 4.85. The number of rotatable bonds is 7. The van der Waals surface area contributed by atoms with Crippen LogP contribution in [0.5, 0.6) is 0 Å². The van der Waals surface area contributed by atoms with Crippen LogP contribution in [0.15, 0.2) is 28.7 Å². The Bertz CT molecular complexity index is 369. The molecule has 1 saturated carbocycles. The lowest BCUT2D eigenvalue weighted by molar-refractivity contribution is 0.274. The zero-order chi connectivity index (χ0) is 13.0. The van der Waals surface area contributed by atoms with Crippen molar-refractivity contribution in [1.29, 1.82) is 0 Å². The van der Waals surface area contributed by atoms with Gasteiger partial charge in [0.15, 0.2) is 0 Å². The third kappa shape index (κ3) is 4.40. The molecular weight excluding hydrogens is 286 g/mol. The van der Waals surface area contributed by atoms with Crippen LogP contribution in [0.4, 0.5) is 0 Å². The highest BCUT2D eigenvalue weighted by atomic mass is 79.9. The van der Waals surface area contributed by atoms with E-state index in [1.54, 1.807) is 0 Å². The van der Waals surface area contributed by atoms with Gasteiger partial charge in [0.2, 0.25) is 0 Å². The fourth-order valence-electron chi connectivity index (χ4n) is 2.62. The van der Waals surface area contributed by atoms with Gasteiger partial charge in [-0.2, -0.15) is 0 Å². The summed E-state index contributed by atoms with van der Waals surface area (Å²) in [5, 5.41) is 3.70. The Morgan fingerprint density at radius 1 is 1.28 bits per heavy atom. The number of halogens is 1. The van der Waals surface area contributed by atoms with E-state index < -0.39 is 0 Å². The molecule has 1 fully saturated rings. The van der Waals surface area contributed by atoms with Crippen molar-refractivity contribution in [3.05, 3.63) is 34.3 Å². The summed E-state index contributed by atoms with van der Waals surface area (Å²) in [5.41, 5.74) is 1.84. The number of benzene rings is 1. The Morgan fingerprint density at radius 2 is 1.94 bits per heavy atom. The van der Waals surface area contributed by atoms with Crippen LogP contribution >= 0.6 is 15.9 Å². The van der Waals surface area contributed by atoms with Crippen molar-refractivity contribution in [1.82, 2.24) is 5.32 Å². The van der Waals surface area contributed by atoms with Crippen molar-refractivity contribution < 1.29 is 0 Å². The van der Waals surface area contributed by atoms with Crippen LogP contribution in [0.3, 0.4) is 0 Å². The van der Waals surface area contributed by atoms with Crippen molar-refractivity contribution >= 4 is 15.9 Å². The highest BCUT2D eigenvalue weighted by molar-refractivity contribution is 9.10. The van der Waals surface area contributed by atoms with Crippen LogP contribution in [0, 0.1) is 5.41 Å². The SMILES string of the molecule is CCCC(C)(CNC1CC1)Cc1ccc(Br)cc1. The van der Waals surface area contributed by atoms with Crippen LogP contribution in [0.2, 0.25) is 0 Å². The maximum absolute atomic E-state index is 3.70. The monoisotopic (exact) mass is 309 g/mol. The fraction of sp³-hybridized carbons (Fsp3) is 0.625. The molecule has 1 unspecified atom stereocenters. The van der Waals surface area contributed by atoms with E-state index in [9.17, 15) is 0 Å². The summed E-state index contributed by atoms with van der Waals surface area (Å²) in [6, 6.07) is 9.60. The minimum absolute atomic E-state index is 0.394. The molecule has 0 bridgehead atoms. The third-order valence-corrected chi connectivity index (χ3v) is 4.32. The molecular formula is C16H24BrN. The summed E-state index contributed by atoms with van der Waals surface area (Å²) in [5.74, 6) is 0. The molecule has 1 aromatic carbocycles. The van der Waals surface area contributed by atoms with Crippen molar-refractivity contribution in [3.8, 4) is 0 Å². The van der Waals surface area contributed by atoms with Gasteiger partial charge in [-0.3, -0.25) is 0 Å². The van der Waals surface area contributed by atoms with Crippen LogP contribution in [0.25, 0.3) is 0 Å². The fourth-order valence-corrected chi connectivity index (χ4v) is 2.88. The second-order valence-corrected chi connectivity index (χ2v) is 6.93. The van der Waals surface area contributed by atoms with Crippen LogP contribution in [-0.2, 0) is 6.42 Å². The average molecular weight is 310 g/mol. The van der Waals surface area contributed by atoms with Gasteiger partial charge < -0.3 is 5.32 Å². The summed E-state index contributed by atoms with van der Waals surface area (Å²) in [7, 11) is 0. The lowest BCUT2D eigenvalue weighted by atomic mass is 9.79. The van der Waals surface area contributed by atoms with Crippen LogP contribution in [0.1, 0.15) is 45.1 Å². The van der Waals surface area contributed by atoms with Gasteiger partial charge in [-0.15, -0.1) is 0 Å². The highest BCUT2D eigenvalue weighted by Crippen LogP contribution is 2.30. The molecule has 1 nitrogen and oxygen atoms in total. The van der Waals surface area contributed by atoms with Gasteiger partial charge in [-0.25, -0.2) is 0 Å². The van der Waals surface area contributed by atoms with Gasteiger partial charge in [-0.1, -0.05) is 48.3 Å². The largest absolute Gasteiger partial charge is 0.313 e. The molecule has 2 heteroatoms. The molecule has 0 amide bonds. The van der Waals surface area contributed by atoms with Gasteiger partial charge in [0.05, 0.1) is 0 Å². The van der Waals surface area contributed by atoms with Crippen molar-refractivity contribution in [2.45, 2.75) is 52.0 Å². The van der Waals surface area contributed by atoms with E-state index >= 15 is 0 Å². The van der Waals surface area contributed by atoms with Gasteiger partial charge >= 0.3 is 0 Å². The Labute approximate surface area is 119 Å².